The van der Waals surface area contributed by atoms with Crippen molar-refractivity contribution in [2.24, 2.45) is 0 Å². The van der Waals surface area contributed by atoms with Crippen LogP contribution in [0.5, 0.6) is 0 Å². The van der Waals surface area contributed by atoms with E-state index in [1.807, 2.05) is 0 Å². The predicted octanol–water partition coefficient (Wildman–Crippen LogP) is 0.0771. The molecule has 9 nitrogen and oxygen atoms in total. The van der Waals surface area contributed by atoms with Gasteiger partial charge in [-0.1, -0.05) is 0 Å². The van der Waals surface area contributed by atoms with E-state index in [4.69, 9.17) is 14.4 Å². The number of nitrogens with one attached hydrogen (secondary N) is 1. The van der Waals surface area contributed by atoms with E-state index in [0.717, 1.165) is 0 Å². The van der Waals surface area contributed by atoms with Gasteiger partial charge in [0, 0.05) is 26.2 Å². The molecule has 1 fully saturated rings. The molecule has 0 bridgehead atoms. The van der Waals surface area contributed by atoms with Gasteiger partial charge in [-0.05, 0) is 6.92 Å². The lowest BCUT2D eigenvalue weighted by Gasteiger charge is -2.28. The molecule has 1 heterocycles. The van der Waals surface area contributed by atoms with Gasteiger partial charge in [-0.25, -0.2) is 9.13 Å². The van der Waals surface area contributed by atoms with Gasteiger partial charge in [-0.3, -0.25) is 4.52 Å². The summed E-state index contributed by atoms with van der Waals surface area (Å²) in [5.41, 5.74) is 0. The lowest BCUT2D eigenvalue weighted by Crippen LogP contribution is -2.42. The summed E-state index contributed by atoms with van der Waals surface area (Å²) in [6, 6.07) is 0. The normalized spacial score (nSPS) is 22.3. The average molecular weight is 290 g/mol. The van der Waals surface area contributed by atoms with Crippen LogP contribution >= 0.6 is 15.6 Å². The lowest BCUT2D eigenvalue weighted by atomic mass is 10.4. The highest BCUT2D eigenvalue weighted by Crippen LogP contribution is 2.61. The smallest absolute Gasteiger partial charge is 0.314 e. The highest BCUT2D eigenvalue weighted by Gasteiger charge is 2.38. The fourth-order valence-corrected chi connectivity index (χ4v) is 3.38. The molecule has 0 spiro atoms. The summed E-state index contributed by atoms with van der Waals surface area (Å²) >= 11 is 0. The topological polar surface area (TPSA) is 118 Å². The monoisotopic (exact) mass is 290 g/mol. The Hall–Kier alpha value is 0.180. The number of rotatable bonds is 6. The Morgan fingerprint density at radius 2 is 1.88 bits per heavy atom. The van der Waals surface area contributed by atoms with Crippen LogP contribution in [0.2, 0.25) is 0 Å². The Bertz CT molecular complexity index is 326. The van der Waals surface area contributed by atoms with Gasteiger partial charge in [0.1, 0.15) is 0 Å². The minimum atomic E-state index is -4.94. The summed E-state index contributed by atoms with van der Waals surface area (Å²) in [6.07, 6.45) is 0. The molecule has 1 rings (SSSR count). The molecule has 0 radical (unpaired) electrons. The second-order valence-corrected chi connectivity index (χ2v) is 6.15. The summed E-state index contributed by atoms with van der Waals surface area (Å²) in [7, 11) is -9.21. The van der Waals surface area contributed by atoms with Crippen LogP contribution in [-0.4, -0.2) is 47.6 Å². The minimum Gasteiger partial charge on any atom is -0.314 e. The fourth-order valence-electron chi connectivity index (χ4n) is 1.22. The lowest BCUT2D eigenvalue weighted by molar-refractivity contribution is -0.0918. The molecule has 1 unspecified atom stereocenters. The number of hydrogen-bond acceptors (Lipinski definition) is 7. The van der Waals surface area contributed by atoms with Crippen LogP contribution in [0.25, 0.3) is 0 Å². The van der Waals surface area contributed by atoms with Gasteiger partial charge in [0.15, 0.2) is 0 Å². The molecular weight excluding hydrogens is 274 g/mol. The number of phosphoric acid groups is 2. The third-order valence-corrected chi connectivity index (χ3v) is 4.44. The predicted molar refractivity (Wildman–Crippen MR) is 57.9 cm³/mol. The second-order valence-electron chi connectivity index (χ2n) is 3.20. The maximum Gasteiger partial charge on any atom is 0.500 e. The minimum absolute atomic E-state index is 0.0522. The van der Waals surface area contributed by atoms with E-state index in [2.05, 4.69) is 14.2 Å². The maximum absolute atomic E-state index is 11.9. The van der Waals surface area contributed by atoms with E-state index in [9.17, 15) is 9.13 Å². The van der Waals surface area contributed by atoms with Crippen molar-refractivity contribution in [2.75, 3.05) is 32.8 Å². The van der Waals surface area contributed by atoms with Gasteiger partial charge >= 0.3 is 15.6 Å². The molecule has 0 aromatic carbocycles. The summed E-state index contributed by atoms with van der Waals surface area (Å²) in [5.74, 6) is 0. The first-order chi connectivity index (χ1) is 7.85. The van der Waals surface area contributed by atoms with Crippen molar-refractivity contribution in [3.05, 3.63) is 0 Å². The third kappa shape index (κ3) is 6.05. The van der Waals surface area contributed by atoms with Crippen LogP contribution in [0.15, 0.2) is 0 Å². The first-order valence-corrected chi connectivity index (χ1v) is 8.00. The van der Waals surface area contributed by atoms with Crippen LogP contribution in [0.3, 0.4) is 0 Å². The zero-order valence-electron chi connectivity index (χ0n) is 9.31. The van der Waals surface area contributed by atoms with Crippen LogP contribution in [0, 0.1) is 0 Å². The molecule has 1 aliphatic heterocycles. The summed E-state index contributed by atoms with van der Waals surface area (Å²) in [6.45, 7) is 3.52. The highest BCUT2D eigenvalue weighted by atomic mass is 31.3. The highest BCUT2D eigenvalue weighted by molar-refractivity contribution is 7.61. The maximum atomic E-state index is 11.9. The first kappa shape index (κ1) is 15.2. The van der Waals surface area contributed by atoms with Crippen molar-refractivity contribution in [1.82, 2.24) is 10.4 Å². The van der Waals surface area contributed by atoms with Gasteiger partial charge < -0.3 is 15.1 Å². The Labute approximate surface area is 98.9 Å². The van der Waals surface area contributed by atoms with Crippen LogP contribution in [0.1, 0.15) is 6.92 Å². The van der Waals surface area contributed by atoms with Crippen molar-refractivity contribution in [2.45, 2.75) is 6.92 Å². The van der Waals surface area contributed by atoms with Gasteiger partial charge in [-0.15, -0.1) is 0 Å². The average Bonchev–Trinajstić information content (AvgIpc) is 2.15. The van der Waals surface area contributed by atoms with E-state index in [1.54, 1.807) is 0 Å². The zero-order chi connectivity index (χ0) is 12.9. The standard InChI is InChI=1S/C6H16N2O7P2/c1-2-13-17(12,15-16(9,10)11)14-8-5-3-7-4-6-8/h7H,2-6H2,1H3,(H2,9,10,11). The quantitative estimate of drug-likeness (QED) is 0.584. The fraction of sp³-hybridized carbons (Fsp3) is 1.00. The molecule has 11 heteroatoms. The third-order valence-electron chi connectivity index (χ3n) is 1.79. The van der Waals surface area contributed by atoms with E-state index in [1.165, 1.54) is 12.0 Å². The van der Waals surface area contributed by atoms with Gasteiger partial charge in [0.25, 0.3) is 0 Å². The van der Waals surface area contributed by atoms with Crippen molar-refractivity contribution in [3.63, 3.8) is 0 Å². The Balaban J connectivity index is 2.63. The van der Waals surface area contributed by atoms with Gasteiger partial charge in [-0.2, -0.15) is 14.0 Å². The van der Waals surface area contributed by atoms with Crippen LogP contribution in [-0.2, 0) is 22.6 Å². The summed E-state index contributed by atoms with van der Waals surface area (Å²) < 4.78 is 36.2. The molecule has 1 aliphatic rings. The molecule has 0 saturated carbocycles. The van der Waals surface area contributed by atoms with E-state index in [0.29, 0.717) is 26.2 Å². The molecule has 0 amide bonds. The van der Waals surface area contributed by atoms with Crippen LogP contribution < -0.4 is 5.32 Å². The zero-order valence-corrected chi connectivity index (χ0v) is 11.1. The second kappa shape index (κ2) is 6.38. The molecule has 0 aliphatic carbocycles. The van der Waals surface area contributed by atoms with Crippen molar-refractivity contribution in [1.29, 1.82) is 0 Å². The molecule has 17 heavy (non-hydrogen) atoms. The molecule has 3 N–H and O–H groups in total. The van der Waals surface area contributed by atoms with Crippen molar-refractivity contribution >= 4 is 15.6 Å². The van der Waals surface area contributed by atoms with E-state index >= 15 is 0 Å². The van der Waals surface area contributed by atoms with Crippen LogP contribution in [0.4, 0.5) is 0 Å². The SMILES string of the molecule is CCOP(=O)(ON1CCNCC1)OP(=O)(O)O. The molecule has 102 valence electrons. The Kier molecular flexibility index (Phi) is 5.72. The number of piperazine rings is 1. The number of hydroxylamine groups is 2. The van der Waals surface area contributed by atoms with Gasteiger partial charge in [0.2, 0.25) is 0 Å². The molecule has 1 saturated heterocycles. The van der Waals surface area contributed by atoms with Crippen molar-refractivity contribution < 1.29 is 32.4 Å². The molecular formula is C6H16N2O7P2. The Morgan fingerprint density at radius 1 is 1.29 bits per heavy atom. The van der Waals surface area contributed by atoms with E-state index in [-0.39, 0.29) is 6.61 Å². The van der Waals surface area contributed by atoms with E-state index < -0.39 is 15.6 Å². The summed E-state index contributed by atoms with van der Waals surface area (Å²) in [4.78, 5) is 17.3. The summed E-state index contributed by atoms with van der Waals surface area (Å²) in [5, 5.41) is 4.33. The van der Waals surface area contributed by atoms with Crippen molar-refractivity contribution in [3.8, 4) is 0 Å². The van der Waals surface area contributed by atoms with Gasteiger partial charge in [0.05, 0.1) is 6.61 Å². The first-order valence-electron chi connectivity index (χ1n) is 5.01. The largest absolute Gasteiger partial charge is 0.500 e. The Morgan fingerprint density at radius 3 is 2.35 bits per heavy atom. The molecule has 0 aromatic rings. The molecule has 0 aromatic heterocycles. The number of nitrogens with zero attached hydrogens (tertiary/aromatic N) is 1. The number of hydrogen-bond donors (Lipinski definition) is 3. The molecule has 1 atom stereocenters.